The average Bonchev–Trinajstić information content (AvgIpc) is 2.26. The van der Waals surface area contributed by atoms with Crippen LogP contribution in [0.25, 0.3) is 10.9 Å². The van der Waals surface area contributed by atoms with Gasteiger partial charge in [0.05, 0.1) is 5.52 Å². The molecule has 2 N–H and O–H groups in total. The minimum absolute atomic E-state index is 0.528. The first-order valence-electron chi connectivity index (χ1n) is 5.62. The lowest BCUT2D eigenvalue weighted by Gasteiger charge is -2.18. The third-order valence-electron chi connectivity index (χ3n) is 2.77. The summed E-state index contributed by atoms with van der Waals surface area (Å²) in [7, 11) is 0. The zero-order valence-corrected chi connectivity index (χ0v) is 11.7. The van der Waals surface area contributed by atoms with Gasteiger partial charge in [-0.1, -0.05) is 40.0 Å². The highest BCUT2D eigenvalue weighted by Gasteiger charge is 2.09. The fourth-order valence-electron chi connectivity index (χ4n) is 1.51. The van der Waals surface area contributed by atoms with Gasteiger partial charge in [0, 0.05) is 15.9 Å². The summed E-state index contributed by atoms with van der Waals surface area (Å²) in [6.45, 7) is 0. The Bertz CT molecular complexity index is 475. The van der Waals surface area contributed by atoms with Crippen LogP contribution in [0, 0.1) is 0 Å². The molecule has 1 heterocycles. The molecular formula is C13H14BrClN2. The number of pyridine rings is 1. The second kappa shape index (κ2) is 5.80. The maximum atomic E-state index is 5.74. The largest absolute Gasteiger partial charge is 0.328 e. The van der Waals surface area contributed by atoms with E-state index in [9.17, 15) is 0 Å². The van der Waals surface area contributed by atoms with Crippen LogP contribution in [-0.2, 0) is 0 Å². The summed E-state index contributed by atoms with van der Waals surface area (Å²) in [5, 5.41) is 1.63. The van der Waals surface area contributed by atoms with Gasteiger partial charge < -0.3 is 5.73 Å². The molecule has 0 amide bonds. The van der Waals surface area contributed by atoms with Gasteiger partial charge in [-0.2, -0.15) is 0 Å². The van der Waals surface area contributed by atoms with Gasteiger partial charge in [0.1, 0.15) is 5.15 Å². The molecule has 2 nitrogen and oxygen atoms in total. The van der Waals surface area contributed by atoms with E-state index in [4.69, 9.17) is 17.3 Å². The summed E-state index contributed by atoms with van der Waals surface area (Å²) < 4.78 is 1.02. The molecule has 0 bridgehead atoms. The summed E-state index contributed by atoms with van der Waals surface area (Å²) >= 11 is 9.12. The quantitative estimate of drug-likeness (QED) is 0.742. The molecule has 0 saturated heterocycles. The minimum atomic E-state index is 0.528. The van der Waals surface area contributed by atoms with E-state index >= 15 is 0 Å². The van der Waals surface area contributed by atoms with Crippen LogP contribution < -0.4 is 5.73 Å². The smallest absolute Gasteiger partial charge is 0.129 e. The SMILES string of the molecule is Clc1ccc2ccc(Br)cc2n1.NC1CCC1. The van der Waals surface area contributed by atoms with Gasteiger partial charge in [0.15, 0.2) is 0 Å². The van der Waals surface area contributed by atoms with Crippen molar-refractivity contribution in [3.8, 4) is 0 Å². The first kappa shape index (κ1) is 12.8. The first-order valence-corrected chi connectivity index (χ1v) is 6.79. The molecule has 1 aliphatic carbocycles. The van der Waals surface area contributed by atoms with Crippen LogP contribution in [-0.4, -0.2) is 11.0 Å². The lowest BCUT2D eigenvalue weighted by Crippen LogP contribution is -2.27. The molecule has 0 unspecified atom stereocenters. The van der Waals surface area contributed by atoms with E-state index in [1.807, 2.05) is 24.3 Å². The molecule has 90 valence electrons. The summed E-state index contributed by atoms with van der Waals surface area (Å²) in [5.41, 5.74) is 6.29. The average molecular weight is 314 g/mol. The summed E-state index contributed by atoms with van der Waals surface area (Å²) in [6, 6.07) is 10.2. The first-order chi connectivity index (χ1) is 8.15. The maximum Gasteiger partial charge on any atom is 0.129 e. The van der Waals surface area contributed by atoms with Gasteiger partial charge in [0.25, 0.3) is 0 Å². The molecule has 1 fully saturated rings. The Kier molecular flexibility index (Phi) is 4.37. The molecule has 1 saturated carbocycles. The highest BCUT2D eigenvalue weighted by Crippen LogP contribution is 2.19. The van der Waals surface area contributed by atoms with Crippen molar-refractivity contribution in [1.82, 2.24) is 4.98 Å². The van der Waals surface area contributed by atoms with E-state index in [1.165, 1.54) is 19.3 Å². The van der Waals surface area contributed by atoms with Gasteiger partial charge in [-0.05, 0) is 37.1 Å². The fraction of sp³-hybridized carbons (Fsp3) is 0.308. The second-order valence-corrected chi connectivity index (χ2v) is 5.46. The number of rotatable bonds is 0. The zero-order valence-electron chi connectivity index (χ0n) is 9.37. The summed E-state index contributed by atoms with van der Waals surface area (Å²) in [4.78, 5) is 4.17. The van der Waals surface area contributed by atoms with Gasteiger partial charge in [-0.3, -0.25) is 0 Å². The Hall–Kier alpha value is -0.640. The molecule has 1 aromatic heterocycles. The van der Waals surface area contributed by atoms with Crippen molar-refractivity contribution in [2.75, 3.05) is 0 Å². The summed E-state index contributed by atoms with van der Waals surface area (Å²) in [6.07, 6.45) is 3.89. The van der Waals surface area contributed by atoms with Gasteiger partial charge >= 0.3 is 0 Å². The predicted molar refractivity (Wildman–Crippen MR) is 76.3 cm³/mol. The maximum absolute atomic E-state index is 5.74. The van der Waals surface area contributed by atoms with E-state index in [0.29, 0.717) is 11.2 Å². The van der Waals surface area contributed by atoms with Gasteiger partial charge in [0.2, 0.25) is 0 Å². The molecule has 1 aliphatic rings. The van der Waals surface area contributed by atoms with Gasteiger partial charge in [-0.25, -0.2) is 4.98 Å². The summed E-state index contributed by atoms with van der Waals surface area (Å²) in [5.74, 6) is 0. The van der Waals surface area contributed by atoms with Crippen LogP contribution in [0.2, 0.25) is 5.15 Å². The van der Waals surface area contributed by atoms with Crippen LogP contribution >= 0.6 is 27.5 Å². The molecule has 0 atom stereocenters. The number of hydrogen-bond donors (Lipinski definition) is 1. The number of fused-ring (bicyclic) bond motifs is 1. The molecule has 1 aromatic carbocycles. The Balaban J connectivity index is 0.000000181. The third kappa shape index (κ3) is 3.66. The lowest BCUT2D eigenvalue weighted by atomic mass is 9.95. The third-order valence-corrected chi connectivity index (χ3v) is 3.47. The van der Waals surface area contributed by atoms with Crippen LogP contribution in [0.5, 0.6) is 0 Å². The van der Waals surface area contributed by atoms with Crippen molar-refractivity contribution < 1.29 is 0 Å². The minimum Gasteiger partial charge on any atom is -0.328 e. The number of halogens is 2. The highest BCUT2D eigenvalue weighted by atomic mass is 79.9. The molecule has 0 aliphatic heterocycles. The van der Waals surface area contributed by atoms with E-state index in [0.717, 1.165) is 15.4 Å². The molecule has 17 heavy (non-hydrogen) atoms. The van der Waals surface area contributed by atoms with Crippen molar-refractivity contribution in [2.24, 2.45) is 5.73 Å². The molecule has 3 rings (SSSR count). The van der Waals surface area contributed by atoms with Crippen molar-refractivity contribution in [2.45, 2.75) is 25.3 Å². The molecule has 0 radical (unpaired) electrons. The number of nitrogens with two attached hydrogens (primary N) is 1. The number of hydrogen-bond acceptors (Lipinski definition) is 2. The normalized spacial score (nSPS) is 15.0. The molecule has 4 heteroatoms. The Morgan fingerprint density at radius 1 is 1.24 bits per heavy atom. The van der Waals surface area contributed by atoms with Crippen molar-refractivity contribution in [1.29, 1.82) is 0 Å². The molecule has 0 spiro atoms. The van der Waals surface area contributed by atoms with Crippen LogP contribution in [0.15, 0.2) is 34.8 Å². The Morgan fingerprint density at radius 2 is 1.88 bits per heavy atom. The zero-order chi connectivity index (χ0) is 12.3. The van der Waals surface area contributed by atoms with Crippen molar-refractivity contribution in [3.05, 3.63) is 40.0 Å². The monoisotopic (exact) mass is 312 g/mol. The number of benzene rings is 1. The topological polar surface area (TPSA) is 38.9 Å². The van der Waals surface area contributed by atoms with E-state index in [1.54, 1.807) is 6.07 Å². The van der Waals surface area contributed by atoms with Crippen LogP contribution in [0.1, 0.15) is 19.3 Å². The Morgan fingerprint density at radius 3 is 2.47 bits per heavy atom. The van der Waals surface area contributed by atoms with Crippen LogP contribution in [0.3, 0.4) is 0 Å². The number of aromatic nitrogens is 1. The number of nitrogens with zero attached hydrogens (tertiary/aromatic N) is 1. The fourth-order valence-corrected chi connectivity index (χ4v) is 2.01. The molecule has 2 aromatic rings. The second-order valence-electron chi connectivity index (χ2n) is 4.16. The highest BCUT2D eigenvalue weighted by molar-refractivity contribution is 9.10. The van der Waals surface area contributed by atoms with Crippen LogP contribution in [0.4, 0.5) is 0 Å². The van der Waals surface area contributed by atoms with E-state index < -0.39 is 0 Å². The molecular weight excluding hydrogens is 300 g/mol. The standard InChI is InChI=1S/C9H5BrClN.C4H9N/c10-7-3-1-6-2-4-9(11)12-8(6)5-7;5-4-2-1-3-4/h1-5H;4H,1-3,5H2. The Labute approximate surface area is 114 Å². The van der Waals surface area contributed by atoms with E-state index in [2.05, 4.69) is 20.9 Å². The van der Waals surface area contributed by atoms with E-state index in [-0.39, 0.29) is 0 Å². The van der Waals surface area contributed by atoms with Gasteiger partial charge in [-0.15, -0.1) is 0 Å². The van der Waals surface area contributed by atoms with Crippen molar-refractivity contribution in [3.63, 3.8) is 0 Å². The lowest BCUT2D eigenvalue weighted by molar-refractivity contribution is 0.418. The predicted octanol–water partition coefficient (Wildman–Crippen LogP) is 4.15. The van der Waals surface area contributed by atoms with Crippen molar-refractivity contribution >= 4 is 38.4 Å².